The van der Waals surface area contributed by atoms with Crippen LogP contribution in [0.25, 0.3) is 0 Å². The van der Waals surface area contributed by atoms with Crippen LogP contribution < -0.4 is 10.1 Å². The molecule has 2 rings (SSSR count). The monoisotopic (exact) mass is 339 g/mol. The summed E-state index contributed by atoms with van der Waals surface area (Å²) < 4.78 is 5.64. The number of alkyl halides is 1. The van der Waals surface area contributed by atoms with Gasteiger partial charge in [-0.15, -0.1) is 0 Å². The van der Waals surface area contributed by atoms with E-state index in [0.717, 1.165) is 5.69 Å². The lowest BCUT2D eigenvalue weighted by atomic mass is 10.3. The largest absolute Gasteiger partial charge is 0.457 e. The molecule has 19 heavy (non-hydrogen) atoms. The highest BCUT2D eigenvalue weighted by Gasteiger charge is 2.01. The highest BCUT2D eigenvalue weighted by atomic mass is 79.9. The van der Waals surface area contributed by atoms with Crippen LogP contribution >= 0.6 is 27.5 Å². The fourth-order valence-electron chi connectivity index (χ4n) is 1.47. The van der Waals surface area contributed by atoms with Crippen molar-refractivity contribution in [2.45, 2.75) is 0 Å². The van der Waals surface area contributed by atoms with E-state index in [-0.39, 0.29) is 11.2 Å². The Morgan fingerprint density at radius 3 is 2.53 bits per heavy atom. The fraction of sp³-hybridized carbons (Fsp3) is 0.0714. The number of ether oxygens (including phenoxy) is 1. The molecule has 0 saturated carbocycles. The zero-order valence-electron chi connectivity index (χ0n) is 9.90. The van der Waals surface area contributed by atoms with Gasteiger partial charge in [0.2, 0.25) is 5.91 Å². The van der Waals surface area contributed by atoms with Crippen LogP contribution in [-0.2, 0) is 4.79 Å². The molecular formula is C14H11BrClNO2. The van der Waals surface area contributed by atoms with Crippen LogP contribution in [-0.4, -0.2) is 11.2 Å². The Bertz CT molecular complexity index is 572. The van der Waals surface area contributed by atoms with E-state index in [9.17, 15) is 4.79 Å². The number of anilines is 1. The summed E-state index contributed by atoms with van der Waals surface area (Å²) in [6.45, 7) is 0. The van der Waals surface area contributed by atoms with E-state index in [1.165, 1.54) is 0 Å². The first-order chi connectivity index (χ1) is 9.17. The molecule has 0 fully saturated rings. The van der Waals surface area contributed by atoms with E-state index < -0.39 is 0 Å². The Hall–Kier alpha value is -1.52. The predicted molar refractivity (Wildman–Crippen MR) is 80.4 cm³/mol. The second-order valence-electron chi connectivity index (χ2n) is 3.77. The zero-order valence-corrected chi connectivity index (χ0v) is 12.2. The van der Waals surface area contributed by atoms with Crippen molar-refractivity contribution in [2.24, 2.45) is 0 Å². The molecule has 1 amide bonds. The minimum absolute atomic E-state index is 0.0940. The summed E-state index contributed by atoms with van der Waals surface area (Å²) in [6, 6.07) is 14.3. The standard InChI is InChI=1S/C14H11BrClNO2/c15-9-14(18)17-11-4-6-12(7-5-11)19-13-3-1-2-10(16)8-13/h1-8H,9H2,(H,17,18). The first-order valence-corrected chi connectivity index (χ1v) is 7.06. The van der Waals surface area contributed by atoms with Gasteiger partial charge in [-0.05, 0) is 42.5 Å². The summed E-state index contributed by atoms with van der Waals surface area (Å²) in [4.78, 5) is 11.2. The van der Waals surface area contributed by atoms with Crippen LogP contribution in [0, 0.1) is 0 Å². The van der Waals surface area contributed by atoms with Gasteiger partial charge >= 0.3 is 0 Å². The molecule has 0 heterocycles. The van der Waals surface area contributed by atoms with E-state index in [1.807, 2.05) is 12.1 Å². The van der Waals surface area contributed by atoms with Crippen molar-refractivity contribution < 1.29 is 9.53 Å². The number of carbonyl (C=O) groups excluding carboxylic acids is 1. The first-order valence-electron chi connectivity index (χ1n) is 5.56. The summed E-state index contributed by atoms with van der Waals surface area (Å²) in [6.07, 6.45) is 0. The highest BCUT2D eigenvalue weighted by Crippen LogP contribution is 2.25. The molecular weight excluding hydrogens is 330 g/mol. The Labute approximate surface area is 124 Å². The van der Waals surface area contributed by atoms with Crippen molar-refractivity contribution >= 4 is 39.1 Å². The molecule has 2 aromatic rings. The number of nitrogens with one attached hydrogen (secondary N) is 1. The summed E-state index contributed by atoms with van der Waals surface area (Å²) in [5.41, 5.74) is 0.725. The second kappa shape index (κ2) is 6.59. The van der Waals surface area contributed by atoms with Crippen molar-refractivity contribution in [3.63, 3.8) is 0 Å². The van der Waals surface area contributed by atoms with Gasteiger partial charge in [0.1, 0.15) is 11.5 Å². The van der Waals surface area contributed by atoms with E-state index in [2.05, 4.69) is 21.2 Å². The molecule has 0 aliphatic carbocycles. The lowest BCUT2D eigenvalue weighted by Crippen LogP contribution is -2.11. The Morgan fingerprint density at radius 2 is 1.89 bits per heavy atom. The van der Waals surface area contributed by atoms with Gasteiger partial charge in [-0.2, -0.15) is 0 Å². The third-order valence-electron chi connectivity index (χ3n) is 2.29. The Kier molecular flexibility index (Phi) is 4.82. The molecule has 0 aromatic heterocycles. The van der Waals surface area contributed by atoms with Gasteiger partial charge in [-0.25, -0.2) is 0 Å². The fourth-order valence-corrected chi connectivity index (χ4v) is 1.79. The number of halogens is 2. The minimum Gasteiger partial charge on any atom is -0.457 e. The topological polar surface area (TPSA) is 38.3 Å². The third kappa shape index (κ3) is 4.26. The number of hydrogen-bond acceptors (Lipinski definition) is 2. The number of amides is 1. The smallest absolute Gasteiger partial charge is 0.235 e. The first kappa shape index (κ1) is 13.9. The van der Waals surface area contributed by atoms with Crippen LogP contribution in [0.4, 0.5) is 5.69 Å². The van der Waals surface area contributed by atoms with Crippen LogP contribution in [0.15, 0.2) is 48.5 Å². The van der Waals surface area contributed by atoms with E-state index in [0.29, 0.717) is 16.5 Å². The summed E-state index contributed by atoms with van der Waals surface area (Å²) in [5.74, 6) is 1.26. The number of benzene rings is 2. The normalized spacial score (nSPS) is 10.0. The average Bonchev–Trinajstić information content (AvgIpc) is 2.41. The van der Waals surface area contributed by atoms with E-state index >= 15 is 0 Å². The van der Waals surface area contributed by atoms with Crippen molar-refractivity contribution in [2.75, 3.05) is 10.6 Å². The van der Waals surface area contributed by atoms with Gasteiger partial charge in [0, 0.05) is 10.7 Å². The molecule has 3 nitrogen and oxygen atoms in total. The lowest BCUT2D eigenvalue weighted by Gasteiger charge is -2.07. The quantitative estimate of drug-likeness (QED) is 0.834. The molecule has 0 atom stereocenters. The van der Waals surface area contributed by atoms with Crippen molar-refractivity contribution in [3.8, 4) is 11.5 Å². The molecule has 5 heteroatoms. The summed E-state index contributed by atoms with van der Waals surface area (Å²) in [7, 11) is 0. The van der Waals surface area contributed by atoms with Crippen molar-refractivity contribution in [1.29, 1.82) is 0 Å². The van der Waals surface area contributed by atoms with Crippen molar-refractivity contribution in [3.05, 3.63) is 53.6 Å². The number of carbonyl (C=O) groups is 1. The van der Waals surface area contributed by atoms with Crippen LogP contribution in [0.2, 0.25) is 5.02 Å². The zero-order chi connectivity index (χ0) is 13.7. The predicted octanol–water partition coefficient (Wildman–Crippen LogP) is 4.47. The van der Waals surface area contributed by atoms with Crippen LogP contribution in [0.5, 0.6) is 11.5 Å². The van der Waals surface area contributed by atoms with Gasteiger partial charge < -0.3 is 10.1 Å². The molecule has 0 saturated heterocycles. The van der Waals surface area contributed by atoms with Gasteiger partial charge in [-0.1, -0.05) is 33.6 Å². The third-order valence-corrected chi connectivity index (χ3v) is 3.04. The molecule has 0 aliphatic rings. The SMILES string of the molecule is O=C(CBr)Nc1ccc(Oc2cccc(Cl)c2)cc1. The van der Waals surface area contributed by atoms with Crippen LogP contribution in [0.1, 0.15) is 0 Å². The van der Waals surface area contributed by atoms with E-state index in [4.69, 9.17) is 16.3 Å². The molecule has 1 N–H and O–H groups in total. The maximum Gasteiger partial charge on any atom is 0.235 e. The molecule has 98 valence electrons. The molecule has 2 aromatic carbocycles. The second-order valence-corrected chi connectivity index (χ2v) is 4.76. The van der Waals surface area contributed by atoms with E-state index in [1.54, 1.807) is 36.4 Å². The Morgan fingerprint density at radius 1 is 1.16 bits per heavy atom. The van der Waals surface area contributed by atoms with Crippen molar-refractivity contribution in [1.82, 2.24) is 0 Å². The highest BCUT2D eigenvalue weighted by molar-refractivity contribution is 9.09. The minimum atomic E-state index is -0.0940. The average molecular weight is 341 g/mol. The summed E-state index contributed by atoms with van der Waals surface area (Å²) in [5, 5.41) is 3.62. The van der Waals surface area contributed by atoms with Gasteiger partial charge in [0.05, 0.1) is 5.33 Å². The van der Waals surface area contributed by atoms with Gasteiger partial charge in [-0.3, -0.25) is 4.79 Å². The maximum absolute atomic E-state index is 11.2. The number of rotatable bonds is 4. The van der Waals surface area contributed by atoms with Gasteiger partial charge in [0.25, 0.3) is 0 Å². The molecule has 0 bridgehead atoms. The van der Waals surface area contributed by atoms with Crippen LogP contribution in [0.3, 0.4) is 0 Å². The summed E-state index contributed by atoms with van der Waals surface area (Å²) >= 11 is 8.97. The Balaban J connectivity index is 2.04. The maximum atomic E-state index is 11.2. The molecule has 0 aliphatic heterocycles. The number of hydrogen-bond donors (Lipinski definition) is 1. The molecule has 0 unspecified atom stereocenters. The molecule has 0 spiro atoms. The molecule has 0 radical (unpaired) electrons. The van der Waals surface area contributed by atoms with Gasteiger partial charge in [0.15, 0.2) is 0 Å². The lowest BCUT2D eigenvalue weighted by molar-refractivity contribution is -0.113.